The number of nitrogens with one attached hydrogen (secondary N) is 1. The van der Waals surface area contributed by atoms with Crippen LogP contribution in [0.25, 0.3) is 0 Å². The van der Waals surface area contributed by atoms with Crippen molar-refractivity contribution < 1.29 is 13.2 Å². The Bertz CT molecular complexity index is 677. The summed E-state index contributed by atoms with van der Waals surface area (Å²) in [7, 11) is 0.239. The van der Waals surface area contributed by atoms with E-state index in [0.29, 0.717) is 13.1 Å². The molecule has 2 heterocycles. The first-order chi connectivity index (χ1) is 10.9. The highest BCUT2D eigenvalue weighted by Crippen LogP contribution is 2.36. The molecule has 0 saturated carbocycles. The Labute approximate surface area is 137 Å². The molecule has 2 saturated heterocycles. The normalized spacial score (nSPS) is 28.7. The number of sulfonamides is 1. The van der Waals surface area contributed by atoms with Gasteiger partial charge in [0.05, 0.1) is 11.8 Å². The average molecular weight is 337 g/mol. The summed E-state index contributed by atoms with van der Waals surface area (Å²) in [6.45, 7) is 0.988. The standard InChI is InChI=1S/C16H23N3O3S/c1-17-16(20)14-8-13-9-19(10-15(13)18(14)2)23(21,22)11-12-6-4-3-5-7-12/h3-7,13-15H,8-11H2,1-2H3,(H,17,20)/t13-,14-,15+/m0/s1. The van der Waals surface area contributed by atoms with Gasteiger partial charge in [0.1, 0.15) is 0 Å². The highest BCUT2D eigenvalue weighted by atomic mass is 32.2. The van der Waals surface area contributed by atoms with Gasteiger partial charge in [-0.1, -0.05) is 30.3 Å². The molecule has 3 rings (SSSR count). The lowest BCUT2D eigenvalue weighted by molar-refractivity contribution is -0.125. The van der Waals surface area contributed by atoms with Crippen LogP contribution < -0.4 is 5.32 Å². The van der Waals surface area contributed by atoms with Crippen molar-refractivity contribution >= 4 is 15.9 Å². The molecule has 0 aliphatic carbocycles. The summed E-state index contributed by atoms with van der Waals surface area (Å²) < 4.78 is 26.9. The molecule has 23 heavy (non-hydrogen) atoms. The second-order valence-electron chi connectivity index (χ2n) is 6.42. The average Bonchev–Trinajstić information content (AvgIpc) is 3.08. The van der Waals surface area contributed by atoms with Crippen molar-refractivity contribution in [3.63, 3.8) is 0 Å². The lowest BCUT2D eigenvalue weighted by atomic mass is 10.0. The van der Waals surface area contributed by atoms with Crippen molar-refractivity contribution in [1.82, 2.24) is 14.5 Å². The summed E-state index contributed by atoms with van der Waals surface area (Å²) in [6, 6.07) is 9.24. The minimum absolute atomic E-state index is 0.0144. The molecule has 0 unspecified atom stereocenters. The molecule has 1 amide bonds. The van der Waals surface area contributed by atoms with Gasteiger partial charge in [0.2, 0.25) is 15.9 Å². The predicted octanol–water partition coefficient (Wildman–Crippen LogP) is 0.267. The maximum absolute atomic E-state index is 12.6. The third-order valence-electron chi connectivity index (χ3n) is 5.05. The van der Waals surface area contributed by atoms with Crippen LogP contribution in [-0.2, 0) is 20.6 Å². The number of amides is 1. The summed E-state index contributed by atoms with van der Waals surface area (Å²) >= 11 is 0. The fourth-order valence-electron chi connectivity index (χ4n) is 3.75. The van der Waals surface area contributed by atoms with E-state index in [0.717, 1.165) is 12.0 Å². The molecule has 3 atom stereocenters. The van der Waals surface area contributed by atoms with Gasteiger partial charge in [0.25, 0.3) is 0 Å². The van der Waals surface area contributed by atoms with Gasteiger partial charge in [-0.25, -0.2) is 8.42 Å². The van der Waals surface area contributed by atoms with Crippen molar-refractivity contribution in [2.45, 2.75) is 24.3 Å². The Kier molecular flexibility index (Phi) is 4.44. The summed E-state index contributed by atoms with van der Waals surface area (Å²) in [4.78, 5) is 13.9. The zero-order chi connectivity index (χ0) is 16.6. The van der Waals surface area contributed by atoms with E-state index >= 15 is 0 Å². The van der Waals surface area contributed by atoms with Crippen molar-refractivity contribution in [3.05, 3.63) is 35.9 Å². The second kappa shape index (κ2) is 6.22. The van der Waals surface area contributed by atoms with E-state index in [2.05, 4.69) is 5.32 Å². The van der Waals surface area contributed by atoms with Crippen molar-refractivity contribution in [3.8, 4) is 0 Å². The van der Waals surface area contributed by atoms with Crippen LogP contribution in [0, 0.1) is 5.92 Å². The first-order valence-corrected chi connectivity index (χ1v) is 9.48. The quantitative estimate of drug-likeness (QED) is 0.856. The molecular weight excluding hydrogens is 314 g/mol. The van der Waals surface area contributed by atoms with Crippen LogP contribution in [0.3, 0.4) is 0 Å². The first-order valence-electron chi connectivity index (χ1n) is 7.87. The molecule has 1 aromatic rings. The number of fused-ring (bicyclic) bond motifs is 1. The van der Waals surface area contributed by atoms with Crippen LogP contribution in [-0.4, -0.2) is 62.8 Å². The topological polar surface area (TPSA) is 69.7 Å². The van der Waals surface area contributed by atoms with E-state index in [1.165, 1.54) is 0 Å². The fraction of sp³-hybridized carbons (Fsp3) is 0.562. The Morgan fingerprint density at radius 1 is 1.26 bits per heavy atom. The van der Waals surface area contributed by atoms with Gasteiger partial charge in [-0.3, -0.25) is 9.69 Å². The molecule has 7 heteroatoms. The highest BCUT2D eigenvalue weighted by Gasteiger charge is 2.49. The van der Waals surface area contributed by atoms with Crippen LogP contribution in [0.4, 0.5) is 0 Å². The summed E-state index contributed by atoms with van der Waals surface area (Å²) in [5.74, 6) is 0.281. The van der Waals surface area contributed by atoms with Gasteiger partial charge >= 0.3 is 0 Å². The van der Waals surface area contributed by atoms with E-state index in [1.54, 1.807) is 11.4 Å². The van der Waals surface area contributed by atoms with Crippen LogP contribution in [0.15, 0.2) is 30.3 Å². The fourth-order valence-corrected chi connectivity index (χ4v) is 5.35. The van der Waals surface area contributed by atoms with E-state index in [9.17, 15) is 13.2 Å². The molecule has 2 fully saturated rings. The highest BCUT2D eigenvalue weighted by molar-refractivity contribution is 7.88. The lowest BCUT2D eigenvalue weighted by Crippen LogP contribution is -2.45. The number of benzene rings is 1. The Morgan fingerprint density at radius 2 is 1.96 bits per heavy atom. The third kappa shape index (κ3) is 3.13. The summed E-state index contributed by atoms with van der Waals surface area (Å²) in [6.07, 6.45) is 0.720. The van der Waals surface area contributed by atoms with Gasteiger partial charge < -0.3 is 5.32 Å². The van der Waals surface area contributed by atoms with Gasteiger partial charge in [-0.2, -0.15) is 4.31 Å². The molecule has 0 radical (unpaired) electrons. The molecule has 126 valence electrons. The van der Waals surface area contributed by atoms with Gasteiger partial charge in [-0.15, -0.1) is 0 Å². The Hall–Kier alpha value is -1.44. The number of hydrogen-bond acceptors (Lipinski definition) is 4. The SMILES string of the molecule is CNC(=O)[C@@H]1C[C@H]2CN(S(=O)(=O)Cc3ccccc3)C[C@H]2N1C. The molecule has 0 aromatic heterocycles. The van der Waals surface area contributed by atoms with Crippen LogP contribution in [0.1, 0.15) is 12.0 Å². The van der Waals surface area contributed by atoms with Crippen LogP contribution in [0.2, 0.25) is 0 Å². The molecular formula is C16H23N3O3S. The number of nitrogens with zero attached hydrogens (tertiary/aromatic N) is 2. The van der Waals surface area contributed by atoms with Gasteiger partial charge in [-0.05, 0) is 24.9 Å². The van der Waals surface area contributed by atoms with Crippen LogP contribution >= 0.6 is 0 Å². The maximum Gasteiger partial charge on any atom is 0.237 e. The smallest absolute Gasteiger partial charge is 0.237 e. The largest absolute Gasteiger partial charge is 0.358 e. The zero-order valence-corrected chi connectivity index (χ0v) is 14.3. The second-order valence-corrected chi connectivity index (χ2v) is 8.39. The molecule has 2 aliphatic heterocycles. The predicted molar refractivity (Wildman–Crippen MR) is 88.2 cm³/mol. The number of hydrogen-bond donors (Lipinski definition) is 1. The van der Waals surface area contributed by atoms with E-state index < -0.39 is 10.0 Å². The van der Waals surface area contributed by atoms with Crippen LogP contribution in [0.5, 0.6) is 0 Å². The molecule has 0 spiro atoms. The minimum Gasteiger partial charge on any atom is -0.358 e. The number of carbonyl (C=O) groups is 1. The minimum atomic E-state index is -3.32. The zero-order valence-electron chi connectivity index (χ0n) is 13.5. The molecule has 0 bridgehead atoms. The van der Waals surface area contributed by atoms with Crippen molar-refractivity contribution in [1.29, 1.82) is 0 Å². The summed E-state index contributed by atoms with van der Waals surface area (Å²) in [5, 5.41) is 2.69. The van der Waals surface area contributed by atoms with Crippen molar-refractivity contribution in [2.24, 2.45) is 5.92 Å². The number of carbonyl (C=O) groups excluding carboxylic acids is 1. The number of likely N-dealkylation sites (N-methyl/N-ethyl adjacent to an activating group) is 2. The summed E-state index contributed by atoms with van der Waals surface area (Å²) in [5.41, 5.74) is 0.807. The van der Waals surface area contributed by atoms with Gasteiger partial charge in [0, 0.05) is 26.2 Å². The van der Waals surface area contributed by atoms with E-state index in [4.69, 9.17) is 0 Å². The monoisotopic (exact) mass is 337 g/mol. The molecule has 1 aromatic carbocycles. The van der Waals surface area contributed by atoms with Crippen molar-refractivity contribution in [2.75, 3.05) is 27.2 Å². The lowest BCUT2D eigenvalue weighted by Gasteiger charge is -2.25. The number of rotatable bonds is 4. The Balaban J connectivity index is 1.69. The maximum atomic E-state index is 12.6. The Morgan fingerprint density at radius 3 is 2.57 bits per heavy atom. The molecule has 6 nitrogen and oxygen atoms in total. The molecule has 2 aliphatic rings. The van der Waals surface area contributed by atoms with E-state index in [1.807, 2.05) is 42.3 Å². The number of likely N-dealkylation sites (tertiary alicyclic amines) is 1. The molecule has 1 N–H and O–H groups in total. The first kappa shape index (κ1) is 16.4. The van der Waals surface area contributed by atoms with Gasteiger partial charge in [0.15, 0.2) is 0 Å². The van der Waals surface area contributed by atoms with E-state index in [-0.39, 0.29) is 29.7 Å². The third-order valence-corrected chi connectivity index (χ3v) is 6.83.